The van der Waals surface area contributed by atoms with Gasteiger partial charge in [-0.2, -0.15) is 5.10 Å². The van der Waals surface area contributed by atoms with Crippen LogP contribution in [0, 0.1) is 6.92 Å². The van der Waals surface area contributed by atoms with Crippen LogP contribution < -0.4 is 0 Å². The van der Waals surface area contributed by atoms with Gasteiger partial charge in [0, 0.05) is 18.5 Å². The highest BCUT2D eigenvalue weighted by Gasteiger charge is 2.13. The number of hydrogen-bond acceptors (Lipinski definition) is 3. The Morgan fingerprint density at radius 3 is 3.20 bits per heavy atom. The summed E-state index contributed by atoms with van der Waals surface area (Å²) in [6.45, 7) is 4.36. The minimum Gasteiger partial charge on any atom is -0.353 e. The molecule has 1 unspecified atom stereocenters. The van der Waals surface area contributed by atoms with Gasteiger partial charge >= 0.3 is 0 Å². The molecule has 2 heterocycles. The van der Waals surface area contributed by atoms with Gasteiger partial charge in [0.1, 0.15) is 0 Å². The standard InChI is InChI=1S/C11H18N2O2/c1-10-5-6-12-13(10)7-9-15-11-4-2-3-8-14-11/h5-6,11H,2-4,7-9H2,1H3. The maximum atomic E-state index is 5.63. The molecule has 1 aromatic heterocycles. The molecule has 0 spiro atoms. The number of aryl methyl sites for hydroxylation is 1. The van der Waals surface area contributed by atoms with Crippen molar-refractivity contribution >= 4 is 0 Å². The summed E-state index contributed by atoms with van der Waals surface area (Å²) < 4.78 is 13.1. The molecule has 1 aliphatic rings. The third kappa shape index (κ3) is 3.04. The average molecular weight is 210 g/mol. The van der Waals surface area contributed by atoms with Crippen molar-refractivity contribution in [3.8, 4) is 0 Å². The van der Waals surface area contributed by atoms with Gasteiger partial charge in [-0.15, -0.1) is 0 Å². The summed E-state index contributed by atoms with van der Waals surface area (Å²) in [7, 11) is 0. The molecule has 0 aliphatic carbocycles. The van der Waals surface area contributed by atoms with Crippen LogP contribution in [0.4, 0.5) is 0 Å². The molecule has 1 atom stereocenters. The van der Waals surface area contributed by atoms with Crippen LogP contribution in [-0.4, -0.2) is 29.3 Å². The van der Waals surface area contributed by atoms with Crippen LogP contribution >= 0.6 is 0 Å². The van der Waals surface area contributed by atoms with Crippen molar-refractivity contribution in [2.45, 2.75) is 39.0 Å². The molecule has 0 radical (unpaired) electrons. The van der Waals surface area contributed by atoms with Crippen LogP contribution in [0.5, 0.6) is 0 Å². The molecule has 4 heteroatoms. The first-order valence-corrected chi connectivity index (χ1v) is 5.58. The average Bonchev–Trinajstić information content (AvgIpc) is 2.66. The lowest BCUT2D eigenvalue weighted by Gasteiger charge is -2.22. The van der Waals surface area contributed by atoms with E-state index in [4.69, 9.17) is 9.47 Å². The lowest BCUT2D eigenvalue weighted by atomic mass is 10.2. The van der Waals surface area contributed by atoms with E-state index in [9.17, 15) is 0 Å². The molecule has 2 rings (SSSR count). The van der Waals surface area contributed by atoms with E-state index in [-0.39, 0.29) is 6.29 Å². The van der Waals surface area contributed by atoms with E-state index in [1.54, 1.807) is 0 Å². The van der Waals surface area contributed by atoms with Gasteiger partial charge in [-0.1, -0.05) is 0 Å². The normalized spacial score (nSPS) is 21.8. The predicted octanol–water partition coefficient (Wildman–Crippen LogP) is 1.73. The summed E-state index contributed by atoms with van der Waals surface area (Å²) in [4.78, 5) is 0. The van der Waals surface area contributed by atoms with E-state index in [0.717, 1.165) is 26.0 Å². The molecular formula is C11H18N2O2. The Kier molecular flexibility index (Phi) is 3.75. The molecular weight excluding hydrogens is 192 g/mol. The van der Waals surface area contributed by atoms with Gasteiger partial charge in [-0.05, 0) is 32.3 Å². The lowest BCUT2D eigenvalue weighted by Crippen LogP contribution is -2.24. The van der Waals surface area contributed by atoms with Crippen molar-refractivity contribution in [2.75, 3.05) is 13.2 Å². The predicted molar refractivity (Wildman–Crippen MR) is 56.5 cm³/mol. The maximum Gasteiger partial charge on any atom is 0.157 e. The van der Waals surface area contributed by atoms with E-state index in [1.165, 1.54) is 12.1 Å². The molecule has 84 valence electrons. The van der Waals surface area contributed by atoms with Crippen molar-refractivity contribution in [1.29, 1.82) is 0 Å². The second kappa shape index (κ2) is 5.28. The Bertz CT molecular complexity index is 293. The van der Waals surface area contributed by atoms with Crippen molar-refractivity contribution in [3.63, 3.8) is 0 Å². The Balaban J connectivity index is 1.68. The molecule has 1 fully saturated rings. The van der Waals surface area contributed by atoms with Crippen LogP contribution in [0.15, 0.2) is 12.3 Å². The summed E-state index contributed by atoms with van der Waals surface area (Å²) in [5.41, 5.74) is 1.17. The zero-order chi connectivity index (χ0) is 10.5. The minimum atomic E-state index is 0.00891. The van der Waals surface area contributed by atoms with Gasteiger partial charge in [0.2, 0.25) is 0 Å². The Morgan fingerprint density at radius 2 is 2.53 bits per heavy atom. The van der Waals surface area contributed by atoms with Gasteiger partial charge in [-0.25, -0.2) is 0 Å². The van der Waals surface area contributed by atoms with E-state index in [2.05, 4.69) is 5.10 Å². The number of nitrogens with zero attached hydrogens (tertiary/aromatic N) is 2. The number of aromatic nitrogens is 2. The Morgan fingerprint density at radius 1 is 1.60 bits per heavy atom. The number of ether oxygens (including phenoxy) is 2. The molecule has 15 heavy (non-hydrogen) atoms. The summed E-state index contributed by atoms with van der Waals surface area (Å²) in [5.74, 6) is 0. The highest BCUT2D eigenvalue weighted by Crippen LogP contribution is 2.13. The van der Waals surface area contributed by atoms with E-state index >= 15 is 0 Å². The van der Waals surface area contributed by atoms with E-state index in [0.29, 0.717) is 6.61 Å². The molecule has 0 bridgehead atoms. The highest BCUT2D eigenvalue weighted by molar-refractivity contribution is 4.96. The second-order valence-electron chi connectivity index (χ2n) is 3.86. The molecule has 1 aliphatic heterocycles. The molecule has 0 saturated carbocycles. The van der Waals surface area contributed by atoms with Crippen LogP contribution in [-0.2, 0) is 16.0 Å². The topological polar surface area (TPSA) is 36.3 Å². The summed E-state index contributed by atoms with van der Waals surface area (Å²) in [5, 5.41) is 4.19. The van der Waals surface area contributed by atoms with E-state index < -0.39 is 0 Å². The Labute approximate surface area is 90.2 Å². The fraction of sp³-hybridized carbons (Fsp3) is 0.727. The van der Waals surface area contributed by atoms with E-state index in [1.807, 2.05) is 23.9 Å². The lowest BCUT2D eigenvalue weighted by molar-refractivity contribution is -0.163. The number of rotatable bonds is 4. The van der Waals surface area contributed by atoms with Gasteiger partial charge in [0.05, 0.1) is 13.2 Å². The molecule has 4 nitrogen and oxygen atoms in total. The van der Waals surface area contributed by atoms with Crippen LogP contribution in [0.2, 0.25) is 0 Å². The van der Waals surface area contributed by atoms with Crippen molar-refractivity contribution < 1.29 is 9.47 Å². The van der Waals surface area contributed by atoms with Crippen molar-refractivity contribution in [1.82, 2.24) is 9.78 Å². The smallest absolute Gasteiger partial charge is 0.157 e. The molecule has 0 N–H and O–H groups in total. The first-order valence-electron chi connectivity index (χ1n) is 5.58. The molecule has 0 aromatic carbocycles. The minimum absolute atomic E-state index is 0.00891. The maximum absolute atomic E-state index is 5.63. The van der Waals surface area contributed by atoms with Crippen LogP contribution in [0.3, 0.4) is 0 Å². The van der Waals surface area contributed by atoms with Gasteiger partial charge < -0.3 is 9.47 Å². The van der Waals surface area contributed by atoms with Gasteiger partial charge in [0.15, 0.2) is 6.29 Å². The summed E-state index contributed by atoms with van der Waals surface area (Å²) in [6.07, 6.45) is 5.23. The third-order valence-electron chi connectivity index (χ3n) is 2.67. The molecule has 0 amide bonds. The third-order valence-corrected chi connectivity index (χ3v) is 2.67. The largest absolute Gasteiger partial charge is 0.353 e. The molecule has 1 aromatic rings. The summed E-state index contributed by atoms with van der Waals surface area (Å²) in [6, 6.07) is 2.00. The first kappa shape index (κ1) is 10.6. The monoisotopic (exact) mass is 210 g/mol. The second-order valence-corrected chi connectivity index (χ2v) is 3.86. The highest BCUT2D eigenvalue weighted by atomic mass is 16.7. The van der Waals surface area contributed by atoms with Crippen LogP contribution in [0.1, 0.15) is 25.0 Å². The fourth-order valence-corrected chi connectivity index (χ4v) is 1.75. The van der Waals surface area contributed by atoms with Crippen LogP contribution in [0.25, 0.3) is 0 Å². The van der Waals surface area contributed by atoms with Gasteiger partial charge in [-0.3, -0.25) is 4.68 Å². The SMILES string of the molecule is Cc1ccnn1CCOC1CCCCO1. The van der Waals surface area contributed by atoms with Crippen molar-refractivity contribution in [2.24, 2.45) is 0 Å². The Hall–Kier alpha value is -0.870. The zero-order valence-electron chi connectivity index (χ0n) is 9.19. The summed E-state index contributed by atoms with van der Waals surface area (Å²) >= 11 is 0. The van der Waals surface area contributed by atoms with Crippen molar-refractivity contribution in [3.05, 3.63) is 18.0 Å². The first-order chi connectivity index (χ1) is 7.36. The van der Waals surface area contributed by atoms with Gasteiger partial charge in [0.25, 0.3) is 0 Å². The number of hydrogen-bond donors (Lipinski definition) is 0. The zero-order valence-corrected chi connectivity index (χ0v) is 9.19. The quantitative estimate of drug-likeness (QED) is 0.759. The fourth-order valence-electron chi connectivity index (χ4n) is 1.75. The molecule has 1 saturated heterocycles.